The van der Waals surface area contributed by atoms with E-state index in [1.54, 1.807) is 0 Å². The van der Waals surface area contributed by atoms with Crippen LogP contribution in [-0.2, 0) is 33.4 Å². The normalized spacial score (nSPS) is 43.2. The highest BCUT2D eigenvalue weighted by Gasteiger charge is 2.69. The molecule has 7 nitrogen and oxygen atoms in total. The number of esters is 3. The van der Waals surface area contributed by atoms with Gasteiger partial charge in [-0.15, -0.1) is 0 Å². The molecule has 4 aliphatic rings. The zero-order chi connectivity index (χ0) is 29.7. The second kappa shape index (κ2) is 12.0. The Hall–Kier alpha value is -0.960. The Labute approximate surface area is 255 Å². The van der Waals surface area contributed by atoms with Crippen LogP contribution in [0.15, 0.2) is 0 Å². The molecular weight excluding hydrogens is 644 g/mol. The quantitative estimate of drug-likeness (QED) is 0.173. The van der Waals surface area contributed by atoms with Crippen LogP contribution in [0.25, 0.3) is 0 Å². The third-order valence-corrected chi connectivity index (χ3v) is 13.0. The summed E-state index contributed by atoms with van der Waals surface area (Å²) in [5, 5.41) is 0. The number of carbonyl (C=O) groups is 4. The highest BCUT2D eigenvalue weighted by Crippen LogP contribution is 2.69. The molecule has 4 saturated carbocycles. The maximum atomic E-state index is 13.0. The lowest BCUT2D eigenvalue weighted by molar-refractivity contribution is -0.218. The van der Waals surface area contributed by atoms with E-state index in [9.17, 15) is 19.2 Å². The lowest BCUT2D eigenvalue weighted by Gasteiger charge is -2.64. The zero-order valence-electron chi connectivity index (χ0n) is 24.9. The summed E-state index contributed by atoms with van der Waals surface area (Å²) in [5.41, 5.74) is -0.510. The van der Waals surface area contributed by atoms with Crippen LogP contribution in [0, 0.1) is 46.3 Å². The van der Waals surface area contributed by atoms with E-state index in [1.807, 2.05) is 13.8 Å². The van der Waals surface area contributed by atoms with Crippen molar-refractivity contribution in [2.45, 2.75) is 121 Å². The number of alkyl halides is 2. The van der Waals surface area contributed by atoms with E-state index in [1.165, 1.54) is 13.8 Å². The summed E-state index contributed by atoms with van der Waals surface area (Å²) in [5.74, 6) is 0.306. The summed E-state index contributed by atoms with van der Waals surface area (Å²) in [6.45, 7) is 13.4. The largest absolute Gasteiger partial charge is 0.463 e. The van der Waals surface area contributed by atoms with Crippen molar-refractivity contribution in [2.75, 3.05) is 0 Å². The molecule has 0 spiro atoms. The first-order chi connectivity index (χ1) is 18.6. The minimum Gasteiger partial charge on any atom is -0.463 e. The van der Waals surface area contributed by atoms with Gasteiger partial charge in [-0.2, -0.15) is 0 Å². The van der Waals surface area contributed by atoms with Crippen molar-refractivity contribution in [3.8, 4) is 0 Å². The Morgan fingerprint density at radius 2 is 1.60 bits per heavy atom. The number of ether oxygens (including phenoxy) is 3. The summed E-state index contributed by atoms with van der Waals surface area (Å²) >= 11 is 7.40. The topological polar surface area (TPSA) is 96.0 Å². The maximum absolute atomic E-state index is 13.0. The number of rotatable bonds is 7. The van der Waals surface area contributed by atoms with Crippen molar-refractivity contribution < 1.29 is 33.4 Å². The molecule has 0 aliphatic heterocycles. The Morgan fingerprint density at radius 1 is 0.950 bits per heavy atom. The molecule has 4 aliphatic carbocycles. The molecule has 0 N–H and O–H groups in total. The monoisotopic (exact) mass is 688 g/mol. The first kappa shape index (κ1) is 32.0. The van der Waals surface area contributed by atoms with Crippen LogP contribution >= 0.6 is 31.9 Å². The van der Waals surface area contributed by atoms with Crippen molar-refractivity contribution >= 4 is 55.6 Å². The van der Waals surface area contributed by atoms with Crippen LogP contribution in [0.5, 0.6) is 0 Å². The van der Waals surface area contributed by atoms with E-state index >= 15 is 0 Å². The van der Waals surface area contributed by atoms with Crippen LogP contribution < -0.4 is 0 Å². The number of halogens is 2. The molecule has 40 heavy (non-hydrogen) atoms. The molecule has 4 rings (SSSR count). The number of fused-ring (bicyclic) bond motifs is 5. The highest BCUT2D eigenvalue weighted by molar-refractivity contribution is 9.10. The molecule has 9 heteroatoms. The van der Waals surface area contributed by atoms with Gasteiger partial charge in [0.15, 0.2) is 5.78 Å². The van der Waals surface area contributed by atoms with Crippen LogP contribution in [0.4, 0.5) is 0 Å². The van der Waals surface area contributed by atoms with E-state index < -0.39 is 0 Å². The molecule has 0 amide bonds. The van der Waals surface area contributed by atoms with Crippen LogP contribution in [-0.4, -0.2) is 51.7 Å². The maximum Gasteiger partial charge on any atom is 0.306 e. The van der Waals surface area contributed by atoms with Crippen LogP contribution in [0.2, 0.25) is 0 Å². The van der Waals surface area contributed by atoms with Crippen molar-refractivity contribution in [1.29, 1.82) is 0 Å². The number of carbonyl (C=O) groups excluding carboxylic acids is 4. The van der Waals surface area contributed by atoms with Crippen molar-refractivity contribution in [3.63, 3.8) is 0 Å². The first-order valence-electron chi connectivity index (χ1n) is 15.0. The molecule has 4 fully saturated rings. The lowest BCUT2D eigenvalue weighted by atomic mass is 9.43. The fraction of sp³-hybridized carbons (Fsp3) is 0.871. The highest BCUT2D eigenvalue weighted by atomic mass is 79.9. The summed E-state index contributed by atoms with van der Waals surface area (Å²) in [6, 6.07) is 0. The van der Waals surface area contributed by atoms with Gasteiger partial charge in [0.1, 0.15) is 12.2 Å². The Balaban J connectivity index is 1.71. The lowest BCUT2D eigenvalue weighted by Crippen LogP contribution is -2.65. The smallest absolute Gasteiger partial charge is 0.306 e. The van der Waals surface area contributed by atoms with Gasteiger partial charge in [0.2, 0.25) is 0 Å². The van der Waals surface area contributed by atoms with Crippen molar-refractivity contribution in [3.05, 3.63) is 0 Å². The molecule has 0 aromatic heterocycles. The summed E-state index contributed by atoms with van der Waals surface area (Å²) < 4.78 is 17.7. The summed E-state index contributed by atoms with van der Waals surface area (Å²) in [4.78, 5) is 49.7. The summed E-state index contributed by atoms with van der Waals surface area (Å²) in [6.07, 6.45) is 4.31. The van der Waals surface area contributed by atoms with E-state index in [0.29, 0.717) is 32.1 Å². The molecule has 0 radical (unpaired) electrons. The summed E-state index contributed by atoms with van der Waals surface area (Å²) in [7, 11) is 0. The molecule has 0 heterocycles. The molecule has 0 bridgehead atoms. The van der Waals surface area contributed by atoms with E-state index in [4.69, 9.17) is 14.2 Å². The van der Waals surface area contributed by atoms with Crippen LogP contribution in [0.1, 0.15) is 93.4 Å². The van der Waals surface area contributed by atoms with Gasteiger partial charge in [0.25, 0.3) is 0 Å². The van der Waals surface area contributed by atoms with E-state index in [0.717, 1.165) is 12.8 Å². The fourth-order valence-corrected chi connectivity index (χ4v) is 12.0. The average molecular weight is 691 g/mol. The van der Waals surface area contributed by atoms with E-state index in [2.05, 4.69) is 52.6 Å². The SMILES string of the molecule is CC(=O)O[C@H]1C[C@H]2[C@@H]([C@H](OC(C)=O)C[C@@H]3[C@@H](Br)C(=O)[C@@H](Br)C[C@@]32C)[C@@H]2CC[C@H]([C@H](C)CCC(=O)OC(C)C)[C@@]12C. The second-order valence-electron chi connectivity index (χ2n) is 13.7. The Morgan fingerprint density at radius 3 is 2.20 bits per heavy atom. The molecule has 0 aromatic carbocycles. The molecule has 0 aromatic rings. The Bertz CT molecular complexity index is 1020. The van der Waals surface area contributed by atoms with Gasteiger partial charge in [-0.05, 0) is 87.4 Å². The van der Waals surface area contributed by atoms with Gasteiger partial charge in [0, 0.05) is 31.6 Å². The fourth-order valence-electron chi connectivity index (χ4n) is 9.54. The van der Waals surface area contributed by atoms with Gasteiger partial charge in [-0.25, -0.2) is 0 Å². The Kier molecular flexibility index (Phi) is 9.56. The number of ketones is 1. The second-order valence-corrected chi connectivity index (χ2v) is 15.8. The standard InChI is InChI=1S/C31H46Br2O7/c1-15(2)38-26(36)11-8-16(3)19-9-10-20-27-21(13-25(31(19,20)7)40-18(5)35)30(6)14-23(32)29(37)28(33)22(30)12-24(27)39-17(4)34/h15-16,19-25,27-28H,8-14H2,1-7H3/t16-,19-,20+,21+,22-,23+,24-,25+,27+,28-,30-,31-/m1/s1. The van der Waals surface area contributed by atoms with Crippen molar-refractivity contribution in [2.24, 2.45) is 46.3 Å². The van der Waals surface area contributed by atoms with Crippen LogP contribution in [0.3, 0.4) is 0 Å². The minimum absolute atomic E-state index is 0.0184. The zero-order valence-corrected chi connectivity index (χ0v) is 28.1. The molecule has 0 saturated heterocycles. The average Bonchev–Trinajstić information content (AvgIpc) is 3.20. The third-order valence-electron chi connectivity index (χ3n) is 11.1. The predicted molar refractivity (Wildman–Crippen MR) is 158 cm³/mol. The van der Waals surface area contributed by atoms with E-state index in [-0.39, 0.29) is 98.0 Å². The van der Waals surface area contributed by atoms with Gasteiger partial charge >= 0.3 is 17.9 Å². The molecule has 226 valence electrons. The first-order valence-corrected chi connectivity index (χ1v) is 16.8. The molecule has 0 unspecified atom stereocenters. The number of hydrogen-bond donors (Lipinski definition) is 0. The molecule has 12 atom stereocenters. The van der Waals surface area contributed by atoms with Crippen molar-refractivity contribution in [1.82, 2.24) is 0 Å². The number of hydrogen-bond acceptors (Lipinski definition) is 7. The van der Waals surface area contributed by atoms with Gasteiger partial charge in [-0.1, -0.05) is 52.6 Å². The predicted octanol–water partition coefficient (Wildman–Crippen LogP) is 6.41. The third kappa shape index (κ3) is 5.68. The van der Waals surface area contributed by atoms with Gasteiger partial charge < -0.3 is 14.2 Å². The van der Waals surface area contributed by atoms with Gasteiger partial charge in [-0.3, -0.25) is 19.2 Å². The number of Topliss-reactive ketones (excluding diaryl/α,β-unsaturated/α-hetero) is 1. The van der Waals surface area contributed by atoms with Gasteiger partial charge in [0.05, 0.1) is 15.8 Å². The molecular formula is C31H46Br2O7. The minimum atomic E-state index is -0.322.